The highest BCUT2D eigenvalue weighted by atomic mass is 79.9. The number of nitrogens with two attached hydrogens (primary N) is 1. The van der Waals surface area contributed by atoms with Crippen molar-refractivity contribution in [3.8, 4) is 6.07 Å². The van der Waals surface area contributed by atoms with Gasteiger partial charge in [-0.3, -0.25) is 4.79 Å². The van der Waals surface area contributed by atoms with Crippen LogP contribution in [0.25, 0.3) is 0 Å². The molecule has 0 amide bonds. The summed E-state index contributed by atoms with van der Waals surface area (Å²) in [5.41, 5.74) is 6.42. The molecule has 2 heterocycles. The minimum atomic E-state index is -0.594. The number of Topliss-reactive ketones (excluding diaryl/α,β-unsaturated/α-hetero) is 1. The molecule has 3 rings (SSSR count). The van der Waals surface area contributed by atoms with E-state index >= 15 is 0 Å². The molecule has 2 aliphatic rings. The summed E-state index contributed by atoms with van der Waals surface area (Å²) in [6.07, 6.45) is 1.01. The average molecular weight is 363 g/mol. The fourth-order valence-corrected chi connectivity index (χ4v) is 3.37. The first-order valence-electron chi connectivity index (χ1n) is 6.91. The number of nitriles is 1. The first kappa shape index (κ1) is 14.9. The zero-order chi connectivity index (χ0) is 16.1. The van der Waals surface area contributed by atoms with Crippen molar-refractivity contribution in [3.05, 3.63) is 45.4 Å². The molecule has 1 atom stereocenters. The van der Waals surface area contributed by atoms with Gasteiger partial charge in [-0.25, -0.2) is 0 Å². The molecule has 0 bridgehead atoms. The maximum Gasteiger partial charge on any atom is 0.205 e. The van der Waals surface area contributed by atoms with Crippen LogP contribution >= 0.6 is 15.9 Å². The molecule has 0 spiro atoms. The van der Waals surface area contributed by atoms with Crippen molar-refractivity contribution in [3.63, 3.8) is 0 Å². The van der Waals surface area contributed by atoms with Crippen LogP contribution in [0.1, 0.15) is 38.4 Å². The summed E-state index contributed by atoms with van der Waals surface area (Å²) in [6.45, 7) is 4.02. The Balaban J connectivity index is 2.17. The normalized spacial score (nSPS) is 23.9. The summed E-state index contributed by atoms with van der Waals surface area (Å²) < 4.78 is 11.7. The van der Waals surface area contributed by atoms with Crippen LogP contribution in [0.5, 0.6) is 0 Å². The number of hydrogen-bond donors (Lipinski definition) is 1. The van der Waals surface area contributed by atoms with Crippen molar-refractivity contribution in [2.45, 2.75) is 32.6 Å². The van der Waals surface area contributed by atoms with Crippen LogP contribution in [0.4, 0.5) is 0 Å². The van der Waals surface area contributed by atoms with Crippen molar-refractivity contribution in [2.24, 2.45) is 11.1 Å². The molecule has 0 saturated heterocycles. The fraction of sp³-hybridized carbons (Fsp3) is 0.375. The van der Waals surface area contributed by atoms with Gasteiger partial charge in [0.1, 0.15) is 23.2 Å². The van der Waals surface area contributed by atoms with Crippen LogP contribution < -0.4 is 5.73 Å². The molecule has 114 valence electrons. The van der Waals surface area contributed by atoms with Gasteiger partial charge in [0.2, 0.25) is 5.88 Å². The highest BCUT2D eigenvalue weighted by Crippen LogP contribution is 2.48. The molecule has 1 aromatic heterocycles. The van der Waals surface area contributed by atoms with Gasteiger partial charge in [-0.05, 0) is 33.5 Å². The lowest BCUT2D eigenvalue weighted by molar-refractivity contribution is -0.119. The van der Waals surface area contributed by atoms with Gasteiger partial charge >= 0.3 is 0 Å². The molecule has 1 aromatic rings. The molecule has 2 N–H and O–H groups in total. The number of allylic oxidation sites excluding steroid dienone is 3. The number of ether oxygens (including phenoxy) is 1. The van der Waals surface area contributed by atoms with Crippen LogP contribution in [0.3, 0.4) is 0 Å². The Hall–Kier alpha value is -2.00. The van der Waals surface area contributed by atoms with E-state index in [1.165, 1.54) is 0 Å². The molecular weight excluding hydrogens is 348 g/mol. The third kappa shape index (κ3) is 2.35. The number of furan rings is 1. The first-order chi connectivity index (χ1) is 10.3. The lowest BCUT2D eigenvalue weighted by atomic mass is 9.71. The van der Waals surface area contributed by atoms with Crippen LogP contribution in [0.15, 0.2) is 44.0 Å². The number of ketones is 1. The van der Waals surface area contributed by atoms with Gasteiger partial charge in [-0.2, -0.15) is 5.26 Å². The predicted molar refractivity (Wildman–Crippen MR) is 82.1 cm³/mol. The molecule has 1 aliphatic carbocycles. The maximum atomic E-state index is 12.6. The summed E-state index contributed by atoms with van der Waals surface area (Å²) in [7, 11) is 0. The number of rotatable bonds is 1. The largest absolute Gasteiger partial charge is 0.453 e. The zero-order valence-corrected chi connectivity index (χ0v) is 13.9. The lowest BCUT2D eigenvalue weighted by Gasteiger charge is -2.36. The summed E-state index contributed by atoms with van der Waals surface area (Å²) in [5.74, 6) is 0.488. The van der Waals surface area contributed by atoms with Crippen molar-refractivity contribution in [1.82, 2.24) is 0 Å². The second kappa shape index (κ2) is 5.03. The monoisotopic (exact) mass is 362 g/mol. The van der Waals surface area contributed by atoms with Crippen molar-refractivity contribution < 1.29 is 13.9 Å². The molecule has 5 nitrogen and oxygen atoms in total. The standard InChI is InChI=1S/C16H15BrN2O3/c1-16(2)5-9(20)14-11(6-16)22-15(19)8(7-18)13(14)10-3-4-12(17)21-10/h3-4,13H,5-6,19H2,1-2H3/t13-/m0/s1. The second-order valence-electron chi connectivity index (χ2n) is 6.34. The zero-order valence-electron chi connectivity index (χ0n) is 12.3. The van der Waals surface area contributed by atoms with Crippen molar-refractivity contribution in [1.29, 1.82) is 5.26 Å². The summed E-state index contributed by atoms with van der Waals surface area (Å²) in [4.78, 5) is 12.6. The van der Waals surface area contributed by atoms with Gasteiger partial charge in [0.15, 0.2) is 10.5 Å². The Morgan fingerprint density at radius 3 is 2.73 bits per heavy atom. The Morgan fingerprint density at radius 2 is 2.14 bits per heavy atom. The molecule has 0 aromatic carbocycles. The molecular formula is C16H15BrN2O3. The van der Waals surface area contributed by atoms with E-state index in [-0.39, 0.29) is 22.7 Å². The van der Waals surface area contributed by atoms with Crippen molar-refractivity contribution in [2.75, 3.05) is 0 Å². The maximum absolute atomic E-state index is 12.6. The van der Waals surface area contributed by atoms with E-state index in [1.54, 1.807) is 12.1 Å². The molecule has 0 unspecified atom stereocenters. The smallest absolute Gasteiger partial charge is 0.205 e. The van der Waals surface area contributed by atoms with Gasteiger partial charge in [0.05, 0.1) is 5.92 Å². The van der Waals surface area contributed by atoms with Crippen LogP contribution in [-0.4, -0.2) is 5.78 Å². The number of nitrogens with zero attached hydrogens (tertiary/aromatic N) is 1. The fourth-order valence-electron chi connectivity index (χ4n) is 3.05. The van der Waals surface area contributed by atoms with E-state index in [0.717, 1.165) is 0 Å². The van der Waals surface area contributed by atoms with Gasteiger partial charge in [-0.15, -0.1) is 0 Å². The summed E-state index contributed by atoms with van der Waals surface area (Å²) in [6, 6.07) is 5.52. The Labute approximate surface area is 136 Å². The van der Waals surface area contributed by atoms with Crippen LogP contribution in [0, 0.1) is 16.7 Å². The molecule has 0 saturated carbocycles. The Kier molecular flexibility index (Phi) is 3.41. The molecule has 1 aliphatic heterocycles. The molecule has 6 heteroatoms. The third-order valence-electron chi connectivity index (χ3n) is 3.95. The van der Waals surface area contributed by atoms with Crippen molar-refractivity contribution >= 4 is 21.7 Å². The second-order valence-corrected chi connectivity index (χ2v) is 7.13. The molecule has 0 radical (unpaired) electrons. The molecule has 22 heavy (non-hydrogen) atoms. The third-order valence-corrected chi connectivity index (χ3v) is 4.38. The minimum Gasteiger partial charge on any atom is -0.453 e. The van der Waals surface area contributed by atoms with Gasteiger partial charge in [0, 0.05) is 18.4 Å². The average Bonchev–Trinajstić information content (AvgIpc) is 2.82. The summed E-state index contributed by atoms with van der Waals surface area (Å²) >= 11 is 3.25. The van der Waals surface area contributed by atoms with E-state index in [9.17, 15) is 10.1 Å². The predicted octanol–water partition coefficient (Wildman–Crippen LogP) is 3.49. The van der Waals surface area contributed by atoms with Crippen LogP contribution in [-0.2, 0) is 9.53 Å². The Morgan fingerprint density at radius 1 is 1.41 bits per heavy atom. The number of hydrogen-bond acceptors (Lipinski definition) is 5. The van der Waals surface area contributed by atoms with Crippen LogP contribution in [0.2, 0.25) is 0 Å². The quantitative estimate of drug-likeness (QED) is 0.825. The van der Waals surface area contributed by atoms with E-state index in [1.807, 2.05) is 13.8 Å². The van der Waals surface area contributed by atoms with E-state index < -0.39 is 5.92 Å². The lowest BCUT2D eigenvalue weighted by Crippen LogP contribution is -2.33. The van der Waals surface area contributed by atoms with Gasteiger partial charge in [0.25, 0.3) is 0 Å². The van der Waals surface area contributed by atoms with E-state index in [4.69, 9.17) is 14.9 Å². The first-order valence-corrected chi connectivity index (χ1v) is 7.71. The van der Waals surface area contributed by atoms with E-state index in [2.05, 4.69) is 22.0 Å². The number of carbonyl (C=O) groups is 1. The van der Waals surface area contributed by atoms with Gasteiger partial charge in [-0.1, -0.05) is 13.8 Å². The van der Waals surface area contributed by atoms with Gasteiger partial charge < -0.3 is 14.9 Å². The SMILES string of the molecule is CC1(C)CC(=O)C2=C(C1)OC(N)=C(C#N)[C@H]2c1ccc(Br)o1. The topological polar surface area (TPSA) is 89.2 Å². The Bertz CT molecular complexity index is 765. The summed E-state index contributed by atoms with van der Waals surface area (Å²) in [5, 5.41) is 9.42. The molecule has 0 fully saturated rings. The highest BCUT2D eigenvalue weighted by Gasteiger charge is 2.44. The number of carbonyl (C=O) groups excluding carboxylic acids is 1. The highest BCUT2D eigenvalue weighted by molar-refractivity contribution is 9.10. The number of halogens is 1. The minimum absolute atomic E-state index is 0.0241. The van der Waals surface area contributed by atoms with E-state index in [0.29, 0.717) is 34.6 Å².